The predicted octanol–water partition coefficient (Wildman–Crippen LogP) is 1.95. The van der Waals surface area contributed by atoms with Crippen molar-refractivity contribution in [3.8, 4) is 0 Å². The van der Waals surface area contributed by atoms with E-state index in [4.69, 9.17) is 5.84 Å². The molecule has 0 unspecified atom stereocenters. The fourth-order valence-corrected chi connectivity index (χ4v) is 1.38. The van der Waals surface area contributed by atoms with Crippen LogP contribution in [-0.2, 0) is 0 Å². The van der Waals surface area contributed by atoms with Crippen molar-refractivity contribution < 1.29 is 4.39 Å². The van der Waals surface area contributed by atoms with Crippen LogP contribution >= 0.6 is 0 Å². The predicted molar refractivity (Wildman–Crippen MR) is 64.3 cm³/mol. The molecule has 0 spiro atoms. The molecule has 88 valence electrons. The number of hydrogen-bond acceptors (Lipinski definition) is 5. The first kappa shape index (κ1) is 11.3. The number of nitrogen functional groups attached to an aromatic ring is 1. The first-order valence-corrected chi connectivity index (χ1v) is 5.02. The lowest BCUT2D eigenvalue weighted by atomic mass is 10.2. The molecule has 6 heteroatoms. The Morgan fingerprint density at radius 3 is 2.88 bits per heavy atom. The van der Waals surface area contributed by atoms with Crippen LogP contribution < -0.4 is 16.6 Å². The van der Waals surface area contributed by atoms with E-state index in [1.165, 1.54) is 6.07 Å². The van der Waals surface area contributed by atoms with Crippen molar-refractivity contribution in [2.45, 2.75) is 6.92 Å². The molecule has 0 fully saturated rings. The summed E-state index contributed by atoms with van der Waals surface area (Å²) in [6.45, 7) is 1.70. The molecule has 1 aromatic carbocycles. The maximum Gasteiger partial charge on any atom is 0.239 e. The Hall–Kier alpha value is -2.21. The zero-order valence-corrected chi connectivity index (χ0v) is 9.24. The van der Waals surface area contributed by atoms with Crippen LogP contribution in [0.3, 0.4) is 0 Å². The fraction of sp³-hybridized carbons (Fsp3) is 0.0909. The fourth-order valence-electron chi connectivity index (χ4n) is 1.38. The lowest BCUT2D eigenvalue weighted by Crippen LogP contribution is -2.11. The minimum atomic E-state index is -0.263. The van der Waals surface area contributed by atoms with Crippen molar-refractivity contribution in [1.29, 1.82) is 0 Å². The van der Waals surface area contributed by atoms with E-state index in [0.717, 1.165) is 0 Å². The summed E-state index contributed by atoms with van der Waals surface area (Å²) in [5, 5.41) is 3.00. The molecule has 1 aromatic heterocycles. The monoisotopic (exact) mass is 233 g/mol. The molecule has 0 saturated carbocycles. The van der Waals surface area contributed by atoms with Crippen molar-refractivity contribution in [2.24, 2.45) is 5.84 Å². The van der Waals surface area contributed by atoms with Gasteiger partial charge in [0.25, 0.3) is 0 Å². The highest BCUT2D eigenvalue weighted by molar-refractivity contribution is 5.60. The number of rotatable bonds is 3. The highest BCUT2D eigenvalue weighted by Gasteiger charge is 2.04. The molecule has 5 nitrogen and oxygen atoms in total. The molecule has 0 aliphatic carbocycles. The number of aromatic nitrogens is 2. The lowest BCUT2D eigenvalue weighted by Gasteiger charge is -2.09. The highest BCUT2D eigenvalue weighted by atomic mass is 19.1. The largest absolute Gasteiger partial charge is 0.340 e. The van der Waals surface area contributed by atoms with E-state index in [2.05, 4.69) is 20.7 Å². The second kappa shape index (κ2) is 4.75. The van der Waals surface area contributed by atoms with Gasteiger partial charge in [-0.15, -0.1) is 0 Å². The lowest BCUT2D eigenvalue weighted by molar-refractivity contribution is 0.619. The minimum absolute atomic E-state index is 0.263. The van der Waals surface area contributed by atoms with Crippen LogP contribution in [0.4, 0.5) is 21.8 Å². The molecule has 0 radical (unpaired) electrons. The summed E-state index contributed by atoms with van der Waals surface area (Å²) in [6, 6.07) is 6.49. The van der Waals surface area contributed by atoms with E-state index < -0.39 is 0 Å². The topological polar surface area (TPSA) is 75.9 Å². The normalized spacial score (nSPS) is 10.1. The van der Waals surface area contributed by atoms with E-state index in [-0.39, 0.29) is 5.82 Å². The Labute approximate surface area is 97.9 Å². The maximum absolute atomic E-state index is 13.3. The number of benzene rings is 1. The van der Waals surface area contributed by atoms with Crippen molar-refractivity contribution in [1.82, 2.24) is 9.97 Å². The number of nitrogens with zero attached hydrogens (tertiary/aromatic N) is 2. The van der Waals surface area contributed by atoms with E-state index in [1.54, 1.807) is 31.3 Å². The van der Waals surface area contributed by atoms with Gasteiger partial charge in [0.05, 0.1) is 0 Å². The zero-order chi connectivity index (χ0) is 12.3. The van der Waals surface area contributed by atoms with E-state index >= 15 is 0 Å². The summed E-state index contributed by atoms with van der Waals surface area (Å²) in [4.78, 5) is 7.95. The molecule has 2 rings (SSSR count). The van der Waals surface area contributed by atoms with Crippen LogP contribution in [0.15, 0.2) is 30.5 Å². The average molecular weight is 233 g/mol. The summed E-state index contributed by atoms with van der Waals surface area (Å²) in [7, 11) is 0. The number of nitrogens with one attached hydrogen (secondary N) is 2. The van der Waals surface area contributed by atoms with Crippen LogP contribution in [0.25, 0.3) is 0 Å². The van der Waals surface area contributed by atoms with Crippen LogP contribution in [0.2, 0.25) is 0 Å². The summed E-state index contributed by atoms with van der Waals surface area (Å²) >= 11 is 0. The molecule has 17 heavy (non-hydrogen) atoms. The number of hydrazine groups is 1. The SMILES string of the molecule is Cc1c(F)cccc1Nc1ccnc(NN)n1. The van der Waals surface area contributed by atoms with Gasteiger partial charge in [-0.1, -0.05) is 6.07 Å². The Bertz CT molecular complexity index is 529. The summed E-state index contributed by atoms with van der Waals surface area (Å²) in [6.07, 6.45) is 1.55. The standard InChI is InChI=1S/C11H12FN5/c1-7-8(12)3-2-4-9(7)15-10-5-6-14-11(16-10)17-13/h2-6H,13H2,1H3,(H2,14,15,16,17). The van der Waals surface area contributed by atoms with Gasteiger partial charge >= 0.3 is 0 Å². The zero-order valence-electron chi connectivity index (χ0n) is 9.24. The Morgan fingerprint density at radius 1 is 1.29 bits per heavy atom. The average Bonchev–Trinajstić information content (AvgIpc) is 2.35. The molecule has 0 amide bonds. The van der Waals surface area contributed by atoms with Gasteiger partial charge in [0, 0.05) is 17.4 Å². The summed E-state index contributed by atoms with van der Waals surface area (Å²) < 4.78 is 13.3. The van der Waals surface area contributed by atoms with E-state index in [0.29, 0.717) is 23.0 Å². The van der Waals surface area contributed by atoms with E-state index in [9.17, 15) is 4.39 Å². The molecular formula is C11H12FN5. The molecule has 0 aliphatic heterocycles. The minimum Gasteiger partial charge on any atom is -0.340 e. The quantitative estimate of drug-likeness (QED) is 0.558. The number of anilines is 3. The molecule has 0 bridgehead atoms. The third-order valence-corrected chi connectivity index (χ3v) is 2.32. The van der Waals surface area contributed by atoms with Crippen LogP contribution in [-0.4, -0.2) is 9.97 Å². The third-order valence-electron chi connectivity index (χ3n) is 2.32. The summed E-state index contributed by atoms with van der Waals surface area (Å²) in [5.41, 5.74) is 3.54. The Kier molecular flexibility index (Phi) is 3.15. The summed E-state index contributed by atoms with van der Waals surface area (Å²) in [5.74, 6) is 5.78. The molecule has 4 N–H and O–H groups in total. The van der Waals surface area contributed by atoms with Gasteiger partial charge in [0.2, 0.25) is 5.95 Å². The van der Waals surface area contributed by atoms with Gasteiger partial charge < -0.3 is 5.32 Å². The maximum atomic E-state index is 13.3. The molecule has 0 saturated heterocycles. The number of halogens is 1. The first-order chi connectivity index (χ1) is 8.20. The van der Waals surface area contributed by atoms with Crippen LogP contribution in [0.1, 0.15) is 5.56 Å². The second-order valence-corrected chi connectivity index (χ2v) is 3.45. The Balaban J connectivity index is 2.28. The van der Waals surface area contributed by atoms with Crippen molar-refractivity contribution in [3.05, 3.63) is 41.8 Å². The van der Waals surface area contributed by atoms with Gasteiger partial charge in [0.15, 0.2) is 0 Å². The molecular weight excluding hydrogens is 221 g/mol. The van der Waals surface area contributed by atoms with Crippen molar-refractivity contribution in [3.63, 3.8) is 0 Å². The van der Waals surface area contributed by atoms with Gasteiger partial charge in [-0.3, -0.25) is 5.43 Å². The third kappa shape index (κ3) is 2.48. The van der Waals surface area contributed by atoms with E-state index in [1.807, 2.05) is 0 Å². The second-order valence-electron chi connectivity index (χ2n) is 3.45. The molecule has 0 aliphatic rings. The van der Waals surface area contributed by atoms with Gasteiger partial charge in [0.1, 0.15) is 11.6 Å². The van der Waals surface area contributed by atoms with Gasteiger partial charge in [-0.25, -0.2) is 15.2 Å². The number of hydrogen-bond donors (Lipinski definition) is 3. The number of nitrogens with two attached hydrogens (primary N) is 1. The molecule has 2 aromatic rings. The first-order valence-electron chi connectivity index (χ1n) is 5.02. The Morgan fingerprint density at radius 2 is 2.12 bits per heavy atom. The smallest absolute Gasteiger partial charge is 0.239 e. The highest BCUT2D eigenvalue weighted by Crippen LogP contribution is 2.21. The molecule has 0 atom stereocenters. The van der Waals surface area contributed by atoms with Crippen molar-refractivity contribution in [2.75, 3.05) is 10.7 Å². The van der Waals surface area contributed by atoms with Crippen LogP contribution in [0.5, 0.6) is 0 Å². The van der Waals surface area contributed by atoms with Crippen LogP contribution in [0, 0.1) is 12.7 Å². The van der Waals surface area contributed by atoms with Crippen molar-refractivity contribution >= 4 is 17.5 Å². The van der Waals surface area contributed by atoms with Gasteiger partial charge in [-0.05, 0) is 25.1 Å². The van der Waals surface area contributed by atoms with Gasteiger partial charge in [-0.2, -0.15) is 4.98 Å². The molecule has 1 heterocycles.